The van der Waals surface area contributed by atoms with Gasteiger partial charge in [-0.25, -0.2) is 4.79 Å². The summed E-state index contributed by atoms with van der Waals surface area (Å²) in [6.07, 6.45) is 3.17. The van der Waals surface area contributed by atoms with E-state index in [4.69, 9.17) is 4.74 Å². The van der Waals surface area contributed by atoms with Gasteiger partial charge in [-0.3, -0.25) is 4.79 Å². The second-order valence-electron chi connectivity index (χ2n) is 3.94. The van der Waals surface area contributed by atoms with Crippen LogP contribution in [0.25, 0.3) is 0 Å². The Morgan fingerprint density at radius 3 is 2.22 bits per heavy atom. The summed E-state index contributed by atoms with van der Waals surface area (Å²) in [6, 6.07) is 6.42. The summed E-state index contributed by atoms with van der Waals surface area (Å²) in [5.74, 6) is -0.473. The molecule has 1 aromatic carbocycles. The number of esters is 1. The van der Waals surface area contributed by atoms with Gasteiger partial charge in [0.05, 0.1) is 12.2 Å². The molecule has 0 aliphatic heterocycles. The van der Waals surface area contributed by atoms with E-state index in [0.29, 0.717) is 17.7 Å². The zero-order valence-corrected chi connectivity index (χ0v) is 10.8. The van der Waals surface area contributed by atoms with E-state index in [2.05, 4.69) is 0 Å². The molecule has 4 heteroatoms. The predicted molar refractivity (Wildman–Crippen MR) is 69.6 cm³/mol. The maximum absolute atomic E-state index is 11.7. The van der Waals surface area contributed by atoms with Crippen molar-refractivity contribution in [1.82, 2.24) is 4.90 Å². The van der Waals surface area contributed by atoms with E-state index in [1.165, 1.54) is 6.08 Å². The Hall–Kier alpha value is -2.10. The Bertz CT molecular complexity index is 447. The molecule has 0 N–H and O–H groups in total. The third-order valence-corrected chi connectivity index (χ3v) is 2.20. The van der Waals surface area contributed by atoms with Gasteiger partial charge in [-0.05, 0) is 19.1 Å². The van der Waals surface area contributed by atoms with E-state index in [1.54, 1.807) is 42.3 Å². The van der Waals surface area contributed by atoms with Crippen LogP contribution in [0.15, 0.2) is 36.5 Å². The molecule has 0 amide bonds. The number of allylic oxidation sites excluding steroid dienone is 1. The standard InChI is InChI=1S/C14H17NO3/c1-4-18-14(17)12-7-5-11(6-8-12)13(16)9-10-15(2)3/h5-10H,4H2,1-3H3/b10-9+. The maximum atomic E-state index is 11.7. The summed E-state index contributed by atoms with van der Waals surface area (Å²) in [7, 11) is 3.68. The molecular weight excluding hydrogens is 230 g/mol. The van der Waals surface area contributed by atoms with E-state index in [1.807, 2.05) is 14.1 Å². The van der Waals surface area contributed by atoms with Crippen LogP contribution in [-0.4, -0.2) is 37.4 Å². The fraction of sp³-hybridized carbons (Fsp3) is 0.286. The first-order valence-electron chi connectivity index (χ1n) is 5.70. The minimum Gasteiger partial charge on any atom is -0.462 e. The molecule has 0 unspecified atom stereocenters. The third kappa shape index (κ3) is 4.05. The van der Waals surface area contributed by atoms with Gasteiger partial charge in [-0.15, -0.1) is 0 Å². The summed E-state index contributed by atoms with van der Waals surface area (Å²) < 4.78 is 4.86. The van der Waals surface area contributed by atoms with Crippen LogP contribution in [0.3, 0.4) is 0 Å². The van der Waals surface area contributed by atoms with Gasteiger partial charge in [0.1, 0.15) is 0 Å². The highest BCUT2D eigenvalue weighted by molar-refractivity contribution is 6.05. The molecule has 1 aromatic rings. The molecule has 4 nitrogen and oxygen atoms in total. The van der Waals surface area contributed by atoms with Gasteiger partial charge in [0.25, 0.3) is 0 Å². The van der Waals surface area contributed by atoms with Crippen LogP contribution in [0.5, 0.6) is 0 Å². The van der Waals surface area contributed by atoms with Gasteiger partial charge >= 0.3 is 5.97 Å². The molecule has 1 rings (SSSR count). The van der Waals surface area contributed by atoms with Crippen molar-refractivity contribution >= 4 is 11.8 Å². The number of rotatable bonds is 5. The largest absolute Gasteiger partial charge is 0.462 e. The molecule has 0 aliphatic rings. The number of nitrogens with zero attached hydrogens (tertiary/aromatic N) is 1. The van der Waals surface area contributed by atoms with Gasteiger partial charge in [0, 0.05) is 31.9 Å². The lowest BCUT2D eigenvalue weighted by Crippen LogP contribution is -2.06. The lowest BCUT2D eigenvalue weighted by Gasteiger charge is -2.04. The lowest BCUT2D eigenvalue weighted by atomic mass is 10.1. The predicted octanol–water partition coefficient (Wildman–Crippen LogP) is 2.12. The Morgan fingerprint density at radius 2 is 1.72 bits per heavy atom. The van der Waals surface area contributed by atoms with Crippen molar-refractivity contribution in [2.45, 2.75) is 6.92 Å². The number of ketones is 1. The van der Waals surface area contributed by atoms with Gasteiger partial charge in [-0.1, -0.05) is 12.1 Å². The molecule has 0 atom stereocenters. The second-order valence-corrected chi connectivity index (χ2v) is 3.94. The molecule has 0 bridgehead atoms. The fourth-order valence-corrected chi connectivity index (χ4v) is 1.30. The molecule has 18 heavy (non-hydrogen) atoms. The maximum Gasteiger partial charge on any atom is 0.338 e. The summed E-state index contributed by atoms with van der Waals surface area (Å²) in [4.78, 5) is 24.9. The zero-order chi connectivity index (χ0) is 13.5. The Labute approximate surface area is 107 Å². The minimum absolute atomic E-state index is 0.0980. The minimum atomic E-state index is -0.375. The fourth-order valence-electron chi connectivity index (χ4n) is 1.30. The van der Waals surface area contributed by atoms with Crippen LogP contribution in [0, 0.1) is 0 Å². The highest BCUT2D eigenvalue weighted by Crippen LogP contribution is 2.07. The number of carbonyl (C=O) groups excluding carboxylic acids is 2. The topological polar surface area (TPSA) is 46.6 Å². The van der Waals surface area contributed by atoms with Gasteiger partial charge in [0.15, 0.2) is 5.78 Å². The number of ether oxygens (including phenoxy) is 1. The Morgan fingerprint density at radius 1 is 1.17 bits per heavy atom. The first-order valence-corrected chi connectivity index (χ1v) is 5.70. The highest BCUT2D eigenvalue weighted by Gasteiger charge is 2.07. The quantitative estimate of drug-likeness (QED) is 0.454. The Kier molecular flexibility index (Phi) is 5.11. The van der Waals surface area contributed by atoms with Gasteiger partial charge in [-0.2, -0.15) is 0 Å². The van der Waals surface area contributed by atoms with Crippen LogP contribution in [-0.2, 0) is 4.74 Å². The summed E-state index contributed by atoms with van der Waals surface area (Å²) >= 11 is 0. The van der Waals surface area contributed by atoms with Crippen LogP contribution in [0.2, 0.25) is 0 Å². The SMILES string of the molecule is CCOC(=O)c1ccc(C(=O)/C=C/N(C)C)cc1. The average molecular weight is 247 g/mol. The van der Waals surface area contributed by atoms with Crippen molar-refractivity contribution in [3.63, 3.8) is 0 Å². The van der Waals surface area contributed by atoms with Crippen LogP contribution < -0.4 is 0 Å². The molecule has 0 spiro atoms. The van der Waals surface area contributed by atoms with Crippen LogP contribution in [0.1, 0.15) is 27.6 Å². The average Bonchev–Trinajstić information content (AvgIpc) is 2.36. The molecular formula is C14H17NO3. The lowest BCUT2D eigenvalue weighted by molar-refractivity contribution is 0.0526. The number of hydrogen-bond donors (Lipinski definition) is 0. The molecule has 0 radical (unpaired) electrons. The molecule has 0 saturated carbocycles. The van der Waals surface area contributed by atoms with Crippen molar-refractivity contribution in [1.29, 1.82) is 0 Å². The monoisotopic (exact) mass is 247 g/mol. The molecule has 0 fully saturated rings. The van der Waals surface area contributed by atoms with Crippen LogP contribution in [0.4, 0.5) is 0 Å². The highest BCUT2D eigenvalue weighted by atomic mass is 16.5. The number of benzene rings is 1. The summed E-state index contributed by atoms with van der Waals surface area (Å²) in [6.45, 7) is 2.09. The number of carbonyl (C=O) groups is 2. The third-order valence-electron chi connectivity index (χ3n) is 2.20. The van der Waals surface area contributed by atoms with Crippen molar-refractivity contribution in [3.05, 3.63) is 47.7 Å². The molecule has 0 heterocycles. The first-order chi connectivity index (χ1) is 8.54. The normalized spacial score (nSPS) is 10.4. The van der Waals surface area contributed by atoms with E-state index >= 15 is 0 Å². The van der Waals surface area contributed by atoms with E-state index < -0.39 is 0 Å². The summed E-state index contributed by atoms with van der Waals surface area (Å²) in [5, 5.41) is 0. The van der Waals surface area contributed by atoms with E-state index in [0.717, 1.165) is 0 Å². The number of hydrogen-bond acceptors (Lipinski definition) is 4. The zero-order valence-electron chi connectivity index (χ0n) is 10.8. The van der Waals surface area contributed by atoms with Gasteiger partial charge < -0.3 is 9.64 Å². The molecule has 0 saturated heterocycles. The molecule has 0 aromatic heterocycles. The Balaban J connectivity index is 2.76. The van der Waals surface area contributed by atoms with Crippen molar-refractivity contribution in [2.75, 3.05) is 20.7 Å². The second kappa shape index (κ2) is 6.59. The molecule has 0 aliphatic carbocycles. The first kappa shape index (κ1) is 14.0. The molecule has 96 valence electrons. The van der Waals surface area contributed by atoms with Crippen LogP contribution >= 0.6 is 0 Å². The van der Waals surface area contributed by atoms with E-state index in [9.17, 15) is 9.59 Å². The van der Waals surface area contributed by atoms with Crippen molar-refractivity contribution < 1.29 is 14.3 Å². The van der Waals surface area contributed by atoms with Gasteiger partial charge in [0.2, 0.25) is 0 Å². The van der Waals surface area contributed by atoms with Crippen molar-refractivity contribution in [2.24, 2.45) is 0 Å². The summed E-state index contributed by atoms with van der Waals surface area (Å²) in [5.41, 5.74) is 0.992. The smallest absolute Gasteiger partial charge is 0.338 e. The van der Waals surface area contributed by atoms with Crippen molar-refractivity contribution in [3.8, 4) is 0 Å². The van der Waals surface area contributed by atoms with E-state index in [-0.39, 0.29) is 11.8 Å².